The van der Waals surface area contributed by atoms with Crippen molar-refractivity contribution >= 4 is 0 Å². The molecule has 2 rings (SSSR count). The minimum absolute atomic E-state index is 0.0877. The highest BCUT2D eigenvalue weighted by atomic mass is 16.5. The molecule has 1 saturated heterocycles. The molecule has 1 aromatic carbocycles. The molecule has 3 nitrogen and oxygen atoms in total. The van der Waals surface area contributed by atoms with Crippen LogP contribution < -0.4 is 0 Å². The van der Waals surface area contributed by atoms with Gasteiger partial charge in [0.25, 0.3) is 0 Å². The number of aliphatic hydroxyl groups is 1. The standard InChI is InChI=1S/C17H23NO2/c1-18(14-17-8-11-20-12-9-17)13-16-6-4-15(5-7-16)3-2-10-19/h4-7,17,19H,8-14H2,1H3. The molecule has 1 aliphatic heterocycles. The molecule has 0 unspecified atom stereocenters. The molecular formula is C17H23NO2. The quantitative estimate of drug-likeness (QED) is 0.850. The van der Waals surface area contributed by atoms with Crippen LogP contribution in [0, 0.1) is 17.8 Å². The number of nitrogens with zero attached hydrogens (tertiary/aromatic N) is 1. The lowest BCUT2D eigenvalue weighted by molar-refractivity contribution is 0.0549. The highest BCUT2D eigenvalue weighted by molar-refractivity contribution is 5.36. The summed E-state index contributed by atoms with van der Waals surface area (Å²) >= 11 is 0. The van der Waals surface area contributed by atoms with E-state index in [0.29, 0.717) is 0 Å². The third-order valence-corrected chi connectivity index (χ3v) is 3.63. The van der Waals surface area contributed by atoms with Crippen molar-refractivity contribution in [3.05, 3.63) is 35.4 Å². The predicted molar refractivity (Wildman–Crippen MR) is 80.3 cm³/mol. The molecule has 0 radical (unpaired) electrons. The van der Waals surface area contributed by atoms with Crippen molar-refractivity contribution in [1.29, 1.82) is 0 Å². The Morgan fingerprint density at radius 2 is 1.95 bits per heavy atom. The van der Waals surface area contributed by atoms with Crippen molar-refractivity contribution in [3.63, 3.8) is 0 Å². The molecule has 1 heterocycles. The number of ether oxygens (including phenoxy) is 1. The van der Waals surface area contributed by atoms with Crippen LogP contribution in [0.2, 0.25) is 0 Å². The molecule has 108 valence electrons. The van der Waals surface area contributed by atoms with Crippen molar-refractivity contribution < 1.29 is 9.84 Å². The van der Waals surface area contributed by atoms with Crippen molar-refractivity contribution in [1.82, 2.24) is 4.90 Å². The number of benzene rings is 1. The van der Waals surface area contributed by atoms with E-state index in [1.807, 2.05) is 12.1 Å². The van der Waals surface area contributed by atoms with E-state index in [0.717, 1.165) is 37.8 Å². The summed E-state index contributed by atoms with van der Waals surface area (Å²) in [7, 11) is 2.18. The summed E-state index contributed by atoms with van der Waals surface area (Å²) in [6, 6.07) is 8.25. The van der Waals surface area contributed by atoms with Crippen LogP contribution in [0.25, 0.3) is 0 Å². The van der Waals surface area contributed by atoms with E-state index < -0.39 is 0 Å². The van der Waals surface area contributed by atoms with Crippen LogP contribution in [-0.4, -0.2) is 43.4 Å². The summed E-state index contributed by atoms with van der Waals surface area (Å²) in [6.07, 6.45) is 2.36. The van der Waals surface area contributed by atoms with Crippen molar-refractivity contribution in [2.24, 2.45) is 5.92 Å². The van der Waals surface area contributed by atoms with Crippen LogP contribution >= 0.6 is 0 Å². The highest BCUT2D eigenvalue weighted by Crippen LogP contribution is 2.16. The van der Waals surface area contributed by atoms with Gasteiger partial charge in [-0.25, -0.2) is 0 Å². The van der Waals surface area contributed by atoms with E-state index in [1.54, 1.807) is 0 Å². The monoisotopic (exact) mass is 273 g/mol. The Morgan fingerprint density at radius 1 is 1.25 bits per heavy atom. The molecule has 0 spiro atoms. The summed E-state index contributed by atoms with van der Waals surface area (Å²) in [5, 5.41) is 8.67. The Bertz CT molecular complexity index is 452. The van der Waals surface area contributed by atoms with Gasteiger partial charge < -0.3 is 14.7 Å². The number of aliphatic hydroxyl groups excluding tert-OH is 1. The van der Waals surface area contributed by atoms with E-state index in [9.17, 15) is 0 Å². The zero-order chi connectivity index (χ0) is 14.2. The summed E-state index contributed by atoms with van der Waals surface area (Å²) < 4.78 is 5.40. The van der Waals surface area contributed by atoms with Gasteiger partial charge in [0.05, 0.1) is 0 Å². The Balaban J connectivity index is 1.82. The van der Waals surface area contributed by atoms with Crippen LogP contribution in [-0.2, 0) is 11.3 Å². The van der Waals surface area contributed by atoms with Crippen LogP contribution in [0.15, 0.2) is 24.3 Å². The Hall–Kier alpha value is -1.34. The van der Waals surface area contributed by atoms with Gasteiger partial charge in [0.1, 0.15) is 6.61 Å². The van der Waals surface area contributed by atoms with Gasteiger partial charge in [-0.1, -0.05) is 24.0 Å². The molecule has 0 aliphatic carbocycles. The lowest BCUT2D eigenvalue weighted by Crippen LogP contribution is -2.29. The molecule has 1 N–H and O–H groups in total. The average Bonchev–Trinajstić information content (AvgIpc) is 2.47. The molecule has 20 heavy (non-hydrogen) atoms. The SMILES string of the molecule is CN(Cc1ccc(C#CCO)cc1)CC1CCOCC1. The predicted octanol–water partition coefficient (Wildman–Crippen LogP) is 1.89. The normalized spacial score (nSPS) is 15.9. The van der Waals surface area contributed by atoms with Crippen LogP contribution in [0.1, 0.15) is 24.0 Å². The first kappa shape index (κ1) is 15.1. The van der Waals surface area contributed by atoms with Gasteiger partial charge >= 0.3 is 0 Å². The van der Waals surface area contributed by atoms with Gasteiger partial charge in [0, 0.05) is 31.9 Å². The van der Waals surface area contributed by atoms with Gasteiger partial charge in [0.15, 0.2) is 0 Å². The van der Waals surface area contributed by atoms with Gasteiger partial charge in [-0.15, -0.1) is 0 Å². The molecule has 0 atom stereocenters. The maximum atomic E-state index is 8.67. The average molecular weight is 273 g/mol. The third-order valence-electron chi connectivity index (χ3n) is 3.63. The molecule has 0 bridgehead atoms. The minimum Gasteiger partial charge on any atom is -0.384 e. The van der Waals surface area contributed by atoms with E-state index in [4.69, 9.17) is 9.84 Å². The van der Waals surface area contributed by atoms with Crippen molar-refractivity contribution in [2.45, 2.75) is 19.4 Å². The second-order valence-electron chi connectivity index (χ2n) is 5.41. The molecule has 3 heteroatoms. The topological polar surface area (TPSA) is 32.7 Å². The Labute approximate surface area is 121 Å². The first-order valence-corrected chi connectivity index (χ1v) is 7.23. The fourth-order valence-corrected chi connectivity index (χ4v) is 2.58. The molecule has 0 saturated carbocycles. The number of hydrogen-bond donors (Lipinski definition) is 1. The Kier molecular flexibility index (Phi) is 6.07. The van der Waals surface area contributed by atoms with E-state index in [2.05, 4.69) is 35.9 Å². The van der Waals surface area contributed by atoms with Gasteiger partial charge in [-0.3, -0.25) is 0 Å². The molecule has 1 aliphatic rings. The lowest BCUT2D eigenvalue weighted by atomic mass is 9.99. The fourth-order valence-electron chi connectivity index (χ4n) is 2.58. The second kappa shape index (κ2) is 8.06. The maximum absolute atomic E-state index is 8.67. The van der Waals surface area contributed by atoms with Crippen molar-refractivity contribution in [3.8, 4) is 11.8 Å². The largest absolute Gasteiger partial charge is 0.384 e. The minimum atomic E-state index is -0.0877. The molecule has 0 amide bonds. The van der Waals surface area contributed by atoms with Crippen LogP contribution in [0.5, 0.6) is 0 Å². The zero-order valence-electron chi connectivity index (χ0n) is 12.1. The van der Waals surface area contributed by atoms with Crippen LogP contribution in [0.3, 0.4) is 0 Å². The van der Waals surface area contributed by atoms with Gasteiger partial charge in [-0.2, -0.15) is 0 Å². The van der Waals surface area contributed by atoms with Gasteiger partial charge in [0.2, 0.25) is 0 Å². The number of rotatable bonds is 4. The van der Waals surface area contributed by atoms with E-state index in [1.165, 1.54) is 18.4 Å². The summed E-state index contributed by atoms with van der Waals surface area (Å²) in [5.74, 6) is 6.34. The molecule has 1 aromatic rings. The van der Waals surface area contributed by atoms with Crippen molar-refractivity contribution in [2.75, 3.05) is 33.4 Å². The summed E-state index contributed by atoms with van der Waals surface area (Å²) in [6.45, 7) is 3.84. The molecular weight excluding hydrogens is 250 g/mol. The molecule has 0 aromatic heterocycles. The van der Waals surface area contributed by atoms with E-state index in [-0.39, 0.29) is 6.61 Å². The summed E-state index contributed by atoms with van der Waals surface area (Å²) in [5.41, 5.74) is 2.25. The lowest BCUT2D eigenvalue weighted by Gasteiger charge is -2.27. The highest BCUT2D eigenvalue weighted by Gasteiger charge is 2.15. The summed E-state index contributed by atoms with van der Waals surface area (Å²) in [4.78, 5) is 2.38. The first-order valence-electron chi connectivity index (χ1n) is 7.23. The Morgan fingerprint density at radius 3 is 2.60 bits per heavy atom. The first-order chi connectivity index (χ1) is 9.78. The maximum Gasteiger partial charge on any atom is 0.104 e. The second-order valence-corrected chi connectivity index (χ2v) is 5.41. The zero-order valence-corrected chi connectivity index (χ0v) is 12.1. The molecule has 1 fully saturated rings. The number of hydrogen-bond acceptors (Lipinski definition) is 3. The fraction of sp³-hybridized carbons (Fsp3) is 0.529. The van der Waals surface area contributed by atoms with E-state index >= 15 is 0 Å². The van der Waals surface area contributed by atoms with Crippen LogP contribution in [0.4, 0.5) is 0 Å². The smallest absolute Gasteiger partial charge is 0.104 e. The van der Waals surface area contributed by atoms with Gasteiger partial charge in [-0.05, 0) is 43.5 Å². The third kappa shape index (κ3) is 4.97.